The molecular weight excluding hydrogens is 422 g/mol. The lowest BCUT2D eigenvalue weighted by molar-refractivity contribution is -0.385. The van der Waals surface area contributed by atoms with Crippen LogP contribution in [0.2, 0.25) is 0 Å². The van der Waals surface area contributed by atoms with Crippen molar-refractivity contribution in [3.8, 4) is 11.5 Å². The summed E-state index contributed by atoms with van der Waals surface area (Å²) in [6.45, 7) is 1.23. The number of amides is 2. The Balaban J connectivity index is 2.57. The number of carbonyl (C=O) groups is 3. The van der Waals surface area contributed by atoms with E-state index >= 15 is 0 Å². The van der Waals surface area contributed by atoms with E-state index in [2.05, 4.69) is 10.6 Å². The Morgan fingerprint density at radius 1 is 1.09 bits per heavy atom. The van der Waals surface area contributed by atoms with Crippen LogP contribution in [0.25, 0.3) is 6.08 Å². The maximum absolute atomic E-state index is 12.7. The van der Waals surface area contributed by atoms with Crippen LogP contribution in [0, 0.1) is 10.1 Å². The first-order valence-electron chi connectivity index (χ1n) is 9.20. The Labute approximate surface area is 182 Å². The fourth-order valence-electron chi connectivity index (χ4n) is 2.59. The van der Waals surface area contributed by atoms with E-state index in [0.717, 1.165) is 12.1 Å². The monoisotopic (exact) mass is 443 g/mol. The van der Waals surface area contributed by atoms with Crippen LogP contribution in [-0.4, -0.2) is 48.1 Å². The lowest BCUT2D eigenvalue weighted by Gasteiger charge is -2.14. The Bertz CT molecular complexity index is 1070. The van der Waals surface area contributed by atoms with Crippen LogP contribution in [0.3, 0.4) is 0 Å². The van der Waals surface area contributed by atoms with Crippen LogP contribution >= 0.6 is 0 Å². The topological polar surface area (TPSA) is 157 Å². The minimum Gasteiger partial charge on any atom is -0.493 e. The minimum atomic E-state index is -1.30. The molecule has 0 spiro atoms. The molecule has 0 fully saturated rings. The number of ether oxygens (including phenoxy) is 2. The van der Waals surface area contributed by atoms with Gasteiger partial charge >= 0.3 is 5.97 Å². The third-order valence-electron chi connectivity index (χ3n) is 4.28. The summed E-state index contributed by atoms with van der Waals surface area (Å²) in [5.41, 5.74) is -0.677. The normalized spacial score (nSPS) is 11.8. The number of nitrogens with zero attached hydrogens (tertiary/aromatic N) is 1. The van der Waals surface area contributed by atoms with Crippen molar-refractivity contribution in [2.75, 3.05) is 14.2 Å². The molecule has 168 valence electrons. The van der Waals surface area contributed by atoms with E-state index in [1.807, 2.05) is 0 Å². The van der Waals surface area contributed by atoms with E-state index in [-0.39, 0.29) is 22.6 Å². The number of hydrogen-bond donors (Lipinski definition) is 3. The summed E-state index contributed by atoms with van der Waals surface area (Å²) in [6.07, 6.45) is 1.06. The SMILES string of the molecule is COc1cc(/C=C(\NC(=O)c2ccccc2)C(=O)N[C@H](C)C(=O)O)c([N+](=O)[O-])cc1OC. The van der Waals surface area contributed by atoms with Crippen LogP contribution < -0.4 is 20.1 Å². The van der Waals surface area contributed by atoms with Crippen LogP contribution in [0.4, 0.5) is 5.69 Å². The van der Waals surface area contributed by atoms with E-state index in [4.69, 9.17) is 14.6 Å². The molecule has 2 aromatic carbocycles. The number of carboxylic acid groups (broad SMARTS) is 1. The Morgan fingerprint density at radius 3 is 2.22 bits per heavy atom. The van der Waals surface area contributed by atoms with Crippen LogP contribution in [0.15, 0.2) is 48.2 Å². The first-order valence-corrected chi connectivity index (χ1v) is 9.20. The van der Waals surface area contributed by atoms with Gasteiger partial charge in [0, 0.05) is 5.56 Å². The van der Waals surface area contributed by atoms with E-state index in [1.165, 1.54) is 39.3 Å². The van der Waals surface area contributed by atoms with Gasteiger partial charge in [-0.2, -0.15) is 0 Å². The zero-order chi connectivity index (χ0) is 23.8. The van der Waals surface area contributed by atoms with E-state index in [1.54, 1.807) is 18.2 Å². The summed E-state index contributed by atoms with van der Waals surface area (Å²) >= 11 is 0. The second-order valence-electron chi connectivity index (χ2n) is 6.43. The zero-order valence-electron chi connectivity index (χ0n) is 17.4. The standard InChI is InChI=1S/C21H21N3O8/c1-12(21(27)28)22-20(26)15(23-19(25)13-7-5-4-6-8-13)9-14-10-17(31-2)18(32-3)11-16(14)24(29)30/h4-12H,1-3H3,(H,22,26)(H,23,25)(H,27,28)/b15-9-/t12-/m1/s1. The molecule has 0 saturated carbocycles. The molecule has 0 saturated heterocycles. The Morgan fingerprint density at radius 2 is 1.69 bits per heavy atom. The number of carbonyl (C=O) groups excluding carboxylic acids is 2. The average Bonchev–Trinajstić information content (AvgIpc) is 2.78. The summed E-state index contributed by atoms with van der Waals surface area (Å²) in [6, 6.07) is 9.03. The van der Waals surface area contributed by atoms with Gasteiger partial charge in [0.15, 0.2) is 11.5 Å². The lowest BCUT2D eigenvalue weighted by Crippen LogP contribution is -2.42. The Kier molecular flexibility index (Phi) is 7.88. The third-order valence-corrected chi connectivity index (χ3v) is 4.28. The summed E-state index contributed by atoms with van der Waals surface area (Å²) in [5.74, 6) is -2.68. The fourth-order valence-corrected chi connectivity index (χ4v) is 2.59. The van der Waals surface area contributed by atoms with E-state index in [0.29, 0.717) is 0 Å². The molecule has 2 amide bonds. The highest BCUT2D eigenvalue weighted by Crippen LogP contribution is 2.35. The van der Waals surface area contributed by atoms with Gasteiger partial charge < -0.3 is 25.2 Å². The number of nitro groups is 1. The number of aliphatic carboxylic acids is 1. The van der Waals surface area contributed by atoms with Crippen molar-refractivity contribution >= 4 is 29.5 Å². The van der Waals surface area contributed by atoms with Crippen LogP contribution in [0.1, 0.15) is 22.8 Å². The minimum absolute atomic E-state index is 0.0749. The maximum atomic E-state index is 12.7. The van der Waals surface area contributed by atoms with Crippen LogP contribution in [-0.2, 0) is 9.59 Å². The molecule has 0 bridgehead atoms. The molecule has 0 unspecified atom stereocenters. The lowest BCUT2D eigenvalue weighted by atomic mass is 10.1. The molecule has 0 aliphatic heterocycles. The van der Waals surface area contributed by atoms with Crippen molar-refractivity contribution in [2.24, 2.45) is 0 Å². The number of benzene rings is 2. The van der Waals surface area contributed by atoms with Crippen molar-refractivity contribution in [3.63, 3.8) is 0 Å². The van der Waals surface area contributed by atoms with Crippen molar-refractivity contribution in [2.45, 2.75) is 13.0 Å². The van der Waals surface area contributed by atoms with Gasteiger partial charge in [-0.3, -0.25) is 24.5 Å². The highest BCUT2D eigenvalue weighted by Gasteiger charge is 2.23. The molecule has 2 rings (SSSR count). The van der Waals surface area contributed by atoms with Gasteiger partial charge in [-0.05, 0) is 31.2 Å². The smallest absolute Gasteiger partial charge is 0.325 e. The molecule has 2 aromatic rings. The van der Waals surface area contributed by atoms with Crippen LogP contribution in [0.5, 0.6) is 11.5 Å². The highest BCUT2D eigenvalue weighted by atomic mass is 16.6. The molecule has 1 atom stereocenters. The van der Waals surface area contributed by atoms with Crippen molar-refractivity contribution < 1.29 is 33.9 Å². The number of methoxy groups -OCH3 is 2. The number of carboxylic acids is 1. The number of nitro benzene ring substituents is 1. The molecule has 0 radical (unpaired) electrons. The number of hydrogen-bond acceptors (Lipinski definition) is 7. The molecule has 11 nitrogen and oxygen atoms in total. The largest absolute Gasteiger partial charge is 0.493 e. The number of nitrogens with one attached hydrogen (secondary N) is 2. The van der Waals surface area contributed by atoms with Gasteiger partial charge in [0.2, 0.25) is 0 Å². The van der Waals surface area contributed by atoms with E-state index < -0.39 is 40.1 Å². The molecule has 0 aliphatic rings. The number of rotatable bonds is 9. The molecule has 0 heterocycles. The highest BCUT2D eigenvalue weighted by molar-refractivity contribution is 6.06. The van der Waals surface area contributed by atoms with Gasteiger partial charge in [-0.1, -0.05) is 18.2 Å². The first kappa shape index (κ1) is 23.9. The fraction of sp³-hybridized carbons (Fsp3) is 0.190. The molecule has 0 aliphatic carbocycles. The van der Waals surface area contributed by atoms with Gasteiger partial charge in [-0.25, -0.2) is 0 Å². The summed E-state index contributed by atoms with van der Waals surface area (Å²) in [5, 5.41) is 25.2. The molecule has 11 heteroatoms. The maximum Gasteiger partial charge on any atom is 0.325 e. The van der Waals surface area contributed by atoms with Crippen molar-refractivity contribution in [1.29, 1.82) is 0 Å². The molecule has 32 heavy (non-hydrogen) atoms. The first-order chi connectivity index (χ1) is 15.2. The summed E-state index contributed by atoms with van der Waals surface area (Å²) < 4.78 is 10.2. The average molecular weight is 443 g/mol. The third kappa shape index (κ3) is 5.81. The summed E-state index contributed by atoms with van der Waals surface area (Å²) in [7, 11) is 2.64. The van der Waals surface area contributed by atoms with Crippen molar-refractivity contribution in [3.05, 3.63) is 69.4 Å². The quantitative estimate of drug-likeness (QED) is 0.302. The molecule has 3 N–H and O–H groups in total. The predicted octanol–water partition coefficient (Wildman–Crippen LogP) is 1.97. The second kappa shape index (κ2) is 10.6. The summed E-state index contributed by atoms with van der Waals surface area (Å²) in [4.78, 5) is 47.3. The zero-order valence-corrected chi connectivity index (χ0v) is 17.4. The molecular formula is C21H21N3O8. The molecule has 0 aromatic heterocycles. The van der Waals surface area contributed by atoms with Gasteiger partial charge in [0.1, 0.15) is 11.7 Å². The Hall–Kier alpha value is -4.41. The van der Waals surface area contributed by atoms with Gasteiger partial charge in [0.05, 0.1) is 30.8 Å². The van der Waals surface area contributed by atoms with Crippen molar-refractivity contribution in [1.82, 2.24) is 10.6 Å². The van der Waals surface area contributed by atoms with E-state index in [9.17, 15) is 24.5 Å². The predicted molar refractivity (Wildman–Crippen MR) is 113 cm³/mol. The second-order valence-corrected chi connectivity index (χ2v) is 6.43. The van der Waals surface area contributed by atoms with Gasteiger partial charge in [0.25, 0.3) is 17.5 Å². The van der Waals surface area contributed by atoms with Gasteiger partial charge in [-0.15, -0.1) is 0 Å².